The van der Waals surface area contributed by atoms with E-state index in [1.807, 2.05) is 24.3 Å². The van der Waals surface area contributed by atoms with Gasteiger partial charge in [0, 0.05) is 4.90 Å². The topological polar surface area (TPSA) is 61.0 Å². The zero-order valence-electron chi connectivity index (χ0n) is 9.05. The summed E-state index contributed by atoms with van der Waals surface area (Å²) in [7, 11) is 1.63. The minimum Gasteiger partial charge on any atom is -0.497 e. The van der Waals surface area contributed by atoms with Crippen molar-refractivity contribution in [2.24, 2.45) is 0 Å². The molecule has 2 rings (SSSR count). The molecule has 0 spiro atoms. The molecule has 2 N–H and O–H groups in total. The van der Waals surface area contributed by atoms with Gasteiger partial charge in [-0.3, -0.25) is 0 Å². The van der Waals surface area contributed by atoms with Crippen LogP contribution in [0.4, 0.5) is 5.95 Å². The highest BCUT2D eigenvalue weighted by atomic mass is 35.5. The van der Waals surface area contributed by atoms with Crippen LogP contribution in [0.3, 0.4) is 0 Å². The van der Waals surface area contributed by atoms with Crippen molar-refractivity contribution in [1.82, 2.24) is 9.97 Å². The standard InChI is InChI=1S/C11H10ClN3OS/c1-16-7-2-4-8(5-3-7)17-10-9(12)6-14-11(13)15-10/h2-6H,1H3,(H2,13,14,15). The number of aromatic nitrogens is 2. The Morgan fingerprint density at radius 1 is 1.29 bits per heavy atom. The van der Waals surface area contributed by atoms with Gasteiger partial charge in [0.15, 0.2) is 0 Å². The van der Waals surface area contributed by atoms with Crippen molar-refractivity contribution in [1.29, 1.82) is 0 Å². The molecule has 1 aromatic carbocycles. The Morgan fingerprint density at radius 2 is 2.00 bits per heavy atom. The molecule has 0 aliphatic rings. The Labute approximate surface area is 108 Å². The van der Waals surface area contributed by atoms with Gasteiger partial charge in [0.2, 0.25) is 5.95 Å². The third-order valence-electron chi connectivity index (χ3n) is 2.00. The van der Waals surface area contributed by atoms with Gasteiger partial charge in [-0.2, -0.15) is 0 Å². The maximum absolute atomic E-state index is 5.98. The van der Waals surface area contributed by atoms with Gasteiger partial charge in [0.25, 0.3) is 0 Å². The first-order valence-corrected chi connectivity index (χ1v) is 5.98. The summed E-state index contributed by atoms with van der Waals surface area (Å²) in [6.45, 7) is 0. The van der Waals surface area contributed by atoms with Crippen molar-refractivity contribution in [3.05, 3.63) is 35.5 Å². The maximum Gasteiger partial charge on any atom is 0.221 e. The summed E-state index contributed by atoms with van der Waals surface area (Å²) in [6.07, 6.45) is 1.50. The summed E-state index contributed by atoms with van der Waals surface area (Å²) in [5, 5.41) is 1.13. The van der Waals surface area contributed by atoms with Crippen LogP contribution in [0.25, 0.3) is 0 Å². The van der Waals surface area contributed by atoms with Crippen LogP contribution in [0.1, 0.15) is 0 Å². The van der Waals surface area contributed by atoms with Gasteiger partial charge in [-0.1, -0.05) is 23.4 Å². The van der Waals surface area contributed by atoms with Crippen LogP contribution in [-0.4, -0.2) is 17.1 Å². The summed E-state index contributed by atoms with van der Waals surface area (Å²) >= 11 is 7.41. The fourth-order valence-electron chi connectivity index (χ4n) is 1.19. The molecular formula is C11H10ClN3OS. The minimum absolute atomic E-state index is 0.213. The average Bonchev–Trinajstić information content (AvgIpc) is 2.35. The molecule has 0 bridgehead atoms. The van der Waals surface area contributed by atoms with Gasteiger partial charge < -0.3 is 10.5 Å². The molecule has 0 aliphatic heterocycles. The van der Waals surface area contributed by atoms with E-state index in [0.717, 1.165) is 10.6 Å². The number of rotatable bonds is 3. The number of nitrogen functional groups attached to an aromatic ring is 1. The van der Waals surface area contributed by atoms with Crippen molar-refractivity contribution < 1.29 is 4.74 Å². The van der Waals surface area contributed by atoms with Crippen LogP contribution >= 0.6 is 23.4 Å². The number of methoxy groups -OCH3 is 1. The summed E-state index contributed by atoms with van der Waals surface area (Å²) in [5.41, 5.74) is 5.51. The van der Waals surface area contributed by atoms with Crippen LogP contribution in [-0.2, 0) is 0 Å². The normalized spacial score (nSPS) is 10.2. The second-order valence-electron chi connectivity index (χ2n) is 3.16. The highest BCUT2D eigenvalue weighted by Gasteiger charge is 2.06. The molecule has 0 saturated carbocycles. The molecule has 4 nitrogen and oxygen atoms in total. The molecule has 0 unspecified atom stereocenters. The minimum atomic E-state index is 0.213. The van der Waals surface area contributed by atoms with E-state index in [9.17, 15) is 0 Å². The van der Waals surface area contributed by atoms with E-state index in [1.165, 1.54) is 18.0 Å². The van der Waals surface area contributed by atoms with Crippen molar-refractivity contribution in [2.45, 2.75) is 9.92 Å². The van der Waals surface area contributed by atoms with Crippen molar-refractivity contribution in [3.8, 4) is 5.75 Å². The number of nitrogens with zero attached hydrogens (tertiary/aromatic N) is 2. The number of ether oxygens (including phenoxy) is 1. The fraction of sp³-hybridized carbons (Fsp3) is 0.0909. The van der Waals surface area contributed by atoms with Crippen molar-refractivity contribution in [2.75, 3.05) is 12.8 Å². The van der Waals surface area contributed by atoms with Crippen LogP contribution in [0.5, 0.6) is 5.75 Å². The quantitative estimate of drug-likeness (QED) is 0.867. The Balaban J connectivity index is 2.22. The first-order chi connectivity index (χ1) is 8.19. The van der Waals surface area contributed by atoms with E-state index in [2.05, 4.69) is 9.97 Å². The average molecular weight is 268 g/mol. The number of benzene rings is 1. The summed E-state index contributed by atoms with van der Waals surface area (Å²) in [4.78, 5) is 8.89. The van der Waals surface area contributed by atoms with E-state index in [0.29, 0.717) is 10.0 Å². The number of hydrogen-bond donors (Lipinski definition) is 1. The number of hydrogen-bond acceptors (Lipinski definition) is 5. The molecule has 2 aromatic rings. The first-order valence-electron chi connectivity index (χ1n) is 4.79. The molecule has 1 heterocycles. The molecule has 0 saturated heterocycles. The molecule has 0 amide bonds. The van der Waals surface area contributed by atoms with Gasteiger partial charge >= 0.3 is 0 Å². The van der Waals surface area contributed by atoms with E-state index in [1.54, 1.807) is 7.11 Å². The molecule has 88 valence electrons. The van der Waals surface area contributed by atoms with Gasteiger partial charge in [-0.25, -0.2) is 9.97 Å². The first kappa shape index (κ1) is 12.0. The number of halogens is 1. The maximum atomic E-state index is 5.98. The van der Waals surface area contributed by atoms with Crippen LogP contribution in [0.15, 0.2) is 40.4 Å². The largest absolute Gasteiger partial charge is 0.497 e. The number of anilines is 1. The molecule has 0 radical (unpaired) electrons. The smallest absolute Gasteiger partial charge is 0.221 e. The highest BCUT2D eigenvalue weighted by Crippen LogP contribution is 2.32. The van der Waals surface area contributed by atoms with Crippen molar-refractivity contribution >= 4 is 29.3 Å². The Morgan fingerprint density at radius 3 is 2.65 bits per heavy atom. The van der Waals surface area contributed by atoms with Gasteiger partial charge in [-0.05, 0) is 24.3 Å². The summed E-state index contributed by atoms with van der Waals surface area (Å²) < 4.78 is 5.08. The van der Waals surface area contributed by atoms with E-state index in [4.69, 9.17) is 22.1 Å². The predicted octanol–water partition coefficient (Wildman–Crippen LogP) is 2.87. The zero-order chi connectivity index (χ0) is 12.3. The van der Waals surface area contributed by atoms with E-state index < -0.39 is 0 Å². The monoisotopic (exact) mass is 267 g/mol. The van der Waals surface area contributed by atoms with Crippen LogP contribution < -0.4 is 10.5 Å². The van der Waals surface area contributed by atoms with E-state index in [-0.39, 0.29) is 5.95 Å². The lowest BCUT2D eigenvalue weighted by Gasteiger charge is -2.04. The Bertz CT molecular complexity index is 519. The molecule has 0 atom stereocenters. The summed E-state index contributed by atoms with van der Waals surface area (Å²) in [6, 6.07) is 7.61. The third-order valence-corrected chi connectivity index (χ3v) is 3.41. The molecule has 0 aliphatic carbocycles. The van der Waals surface area contributed by atoms with E-state index >= 15 is 0 Å². The lowest BCUT2D eigenvalue weighted by atomic mass is 10.3. The van der Waals surface area contributed by atoms with Crippen molar-refractivity contribution in [3.63, 3.8) is 0 Å². The SMILES string of the molecule is COc1ccc(Sc2nc(N)ncc2Cl)cc1. The molecule has 17 heavy (non-hydrogen) atoms. The summed E-state index contributed by atoms with van der Waals surface area (Å²) in [5.74, 6) is 1.02. The second kappa shape index (κ2) is 5.25. The number of nitrogens with two attached hydrogens (primary N) is 1. The lowest BCUT2D eigenvalue weighted by molar-refractivity contribution is 0.414. The Kier molecular flexibility index (Phi) is 3.71. The molecule has 0 fully saturated rings. The molecule has 1 aromatic heterocycles. The molecular weight excluding hydrogens is 258 g/mol. The fourth-order valence-corrected chi connectivity index (χ4v) is 2.18. The molecule has 6 heteroatoms. The zero-order valence-corrected chi connectivity index (χ0v) is 10.6. The van der Waals surface area contributed by atoms with Gasteiger partial charge in [0.05, 0.1) is 18.3 Å². The predicted molar refractivity (Wildman–Crippen MR) is 68.6 cm³/mol. The third kappa shape index (κ3) is 3.01. The van der Waals surface area contributed by atoms with Gasteiger partial charge in [0.1, 0.15) is 10.8 Å². The van der Waals surface area contributed by atoms with Gasteiger partial charge in [-0.15, -0.1) is 0 Å². The van der Waals surface area contributed by atoms with Crippen LogP contribution in [0, 0.1) is 0 Å². The lowest BCUT2D eigenvalue weighted by Crippen LogP contribution is -1.95. The Hall–Kier alpha value is -1.46. The highest BCUT2D eigenvalue weighted by molar-refractivity contribution is 7.99. The second-order valence-corrected chi connectivity index (χ2v) is 4.63. The van der Waals surface area contributed by atoms with Crippen LogP contribution in [0.2, 0.25) is 5.02 Å².